The van der Waals surface area contributed by atoms with Crippen LogP contribution in [0.3, 0.4) is 0 Å². The van der Waals surface area contributed by atoms with Crippen LogP contribution in [0.1, 0.15) is 43.3 Å². The summed E-state index contributed by atoms with van der Waals surface area (Å²) < 4.78 is 41.5. The maximum absolute atomic E-state index is 13.5. The number of piperidine rings is 1. The molecule has 3 aromatic rings. The van der Waals surface area contributed by atoms with E-state index in [9.17, 15) is 23.2 Å². The van der Waals surface area contributed by atoms with Gasteiger partial charge in [0.15, 0.2) is 11.5 Å². The average Bonchev–Trinajstić information content (AvgIpc) is 3.39. The van der Waals surface area contributed by atoms with Crippen molar-refractivity contribution >= 4 is 56.6 Å². The van der Waals surface area contributed by atoms with Gasteiger partial charge in [0.05, 0.1) is 22.4 Å². The van der Waals surface area contributed by atoms with Crippen molar-refractivity contribution in [2.24, 2.45) is 0 Å². The van der Waals surface area contributed by atoms with E-state index in [2.05, 4.69) is 25.1 Å². The largest absolute Gasteiger partial charge is 0.586 e. The van der Waals surface area contributed by atoms with Crippen molar-refractivity contribution in [3.8, 4) is 11.5 Å². The summed E-state index contributed by atoms with van der Waals surface area (Å²) in [4.78, 5) is 47.3. The molecule has 14 heteroatoms. The number of urea groups is 1. The van der Waals surface area contributed by atoms with E-state index < -0.39 is 29.9 Å². The van der Waals surface area contributed by atoms with Crippen molar-refractivity contribution in [1.82, 2.24) is 15.2 Å². The predicted molar refractivity (Wildman–Crippen MR) is 142 cm³/mol. The SMILES string of the molecule is CC(C)(C)OC(=O)N1CCCC(NC(=O)c2sc3nccc4c3c2NC(=O)N4c2ccc3c(c2)OC(F)(F)O3)C1. The number of thiophene rings is 1. The summed E-state index contributed by atoms with van der Waals surface area (Å²) in [7, 11) is 0. The van der Waals surface area contributed by atoms with Crippen LogP contribution >= 0.6 is 11.3 Å². The Morgan fingerprint density at radius 1 is 1.23 bits per heavy atom. The molecule has 1 saturated heterocycles. The summed E-state index contributed by atoms with van der Waals surface area (Å²) in [6.07, 6.45) is -1.34. The quantitative estimate of drug-likeness (QED) is 0.428. The number of hydrogen-bond donors (Lipinski definition) is 2. The fourth-order valence-corrected chi connectivity index (χ4v) is 5.94. The number of benzene rings is 1. The number of alkyl halides is 2. The number of pyridine rings is 1. The molecule has 3 aliphatic heterocycles. The number of fused-ring (bicyclic) bond motifs is 1. The van der Waals surface area contributed by atoms with Crippen LogP contribution in [0, 0.1) is 0 Å². The Morgan fingerprint density at radius 2 is 2.00 bits per heavy atom. The standard InChI is InChI=1S/C26H25F2N5O6S/c1-25(2,3)39-24(36)32-10-4-5-13(12-32)30-21(34)20-19-18-15(8-9-29-22(18)40-20)33(23(35)31-19)14-6-7-16-17(11-14)38-26(27,28)37-16/h6-9,11,13H,4-5,10,12H2,1-3H3,(H,30,34)(H,31,35). The van der Waals surface area contributed by atoms with Crippen LogP contribution in [0.15, 0.2) is 30.5 Å². The first kappa shape index (κ1) is 26.0. The summed E-state index contributed by atoms with van der Waals surface area (Å²) in [6, 6.07) is 4.75. The monoisotopic (exact) mass is 573 g/mol. The summed E-state index contributed by atoms with van der Waals surface area (Å²) >= 11 is 1.12. The Labute approximate surface area is 231 Å². The lowest BCUT2D eigenvalue weighted by Gasteiger charge is -2.34. The summed E-state index contributed by atoms with van der Waals surface area (Å²) in [5, 5.41) is 6.29. The Balaban J connectivity index is 1.26. The van der Waals surface area contributed by atoms with Crippen molar-refractivity contribution in [2.75, 3.05) is 23.3 Å². The van der Waals surface area contributed by atoms with E-state index in [-0.39, 0.29) is 28.1 Å². The smallest absolute Gasteiger partial charge is 0.444 e. The molecule has 2 aromatic heterocycles. The number of halogens is 2. The lowest BCUT2D eigenvalue weighted by atomic mass is 10.1. The van der Waals surface area contributed by atoms with Gasteiger partial charge in [0.25, 0.3) is 5.91 Å². The van der Waals surface area contributed by atoms with E-state index >= 15 is 0 Å². The molecule has 3 aliphatic rings. The van der Waals surface area contributed by atoms with E-state index in [0.717, 1.165) is 11.3 Å². The number of anilines is 3. The van der Waals surface area contributed by atoms with Crippen LogP contribution in [0.4, 0.5) is 35.4 Å². The molecular weight excluding hydrogens is 548 g/mol. The Morgan fingerprint density at radius 3 is 2.77 bits per heavy atom. The Hall–Kier alpha value is -4.20. The van der Waals surface area contributed by atoms with Crippen LogP contribution in [-0.4, -0.2) is 58.9 Å². The molecule has 5 heterocycles. The summed E-state index contributed by atoms with van der Waals surface area (Å²) in [5.74, 6) is -0.752. The molecule has 210 valence electrons. The first-order valence-corrected chi connectivity index (χ1v) is 13.4. The number of ether oxygens (including phenoxy) is 3. The minimum absolute atomic E-state index is 0.144. The maximum Gasteiger partial charge on any atom is 0.586 e. The first-order chi connectivity index (χ1) is 18.9. The van der Waals surface area contributed by atoms with Gasteiger partial charge in [-0.25, -0.2) is 14.6 Å². The highest BCUT2D eigenvalue weighted by molar-refractivity contribution is 7.21. The topological polar surface area (TPSA) is 122 Å². The third-order valence-corrected chi connectivity index (χ3v) is 7.60. The zero-order valence-electron chi connectivity index (χ0n) is 21.7. The number of likely N-dealkylation sites (tertiary alicyclic amines) is 1. The first-order valence-electron chi connectivity index (χ1n) is 12.6. The molecule has 0 aliphatic carbocycles. The van der Waals surface area contributed by atoms with Gasteiger partial charge in [0, 0.05) is 31.4 Å². The van der Waals surface area contributed by atoms with Gasteiger partial charge >= 0.3 is 18.4 Å². The van der Waals surface area contributed by atoms with Crippen molar-refractivity contribution in [3.63, 3.8) is 0 Å². The molecule has 11 nitrogen and oxygen atoms in total. The molecule has 0 bridgehead atoms. The van der Waals surface area contributed by atoms with Gasteiger partial charge < -0.3 is 29.7 Å². The van der Waals surface area contributed by atoms with Crippen molar-refractivity contribution in [1.29, 1.82) is 0 Å². The van der Waals surface area contributed by atoms with Crippen LogP contribution in [0.25, 0.3) is 10.2 Å². The van der Waals surface area contributed by atoms with E-state index in [4.69, 9.17) is 4.74 Å². The van der Waals surface area contributed by atoms with E-state index in [1.165, 1.54) is 29.3 Å². The minimum Gasteiger partial charge on any atom is -0.444 e. The van der Waals surface area contributed by atoms with E-state index in [1.54, 1.807) is 31.7 Å². The van der Waals surface area contributed by atoms with Crippen LogP contribution in [0.5, 0.6) is 11.5 Å². The molecule has 4 amide bonds. The fourth-order valence-electron chi connectivity index (χ4n) is 4.92. The predicted octanol–water partition coefficient (Wildman–Crippen LogP) is 5.43. The molecule has 1 atom stereocenters. The highest BCUT2D eigenvalue weighted by Gasteiger charge is 2.44. The molecule has 1 aromatic carbocycles. The maximum atomic E-state index is 13.5. The molecule has 1 unspecified atom stereocenters. The van der Waals surface area contributed by atoms with E-state index in [1.807, 2.05) is 0 Å². The normalized spacial score (nSPS) is 19.4. The third-order valence-electron chi connectivity index (χ3n) is 6.50. The lowest BCUT2D eigenvalue weighted by Crippen LogP contribution is -2.50. The number of amides is 4. The zero-order chi connectivity index (χ0) is 28.4. The molecule has 0 spiro atoms. The van der Waals surface area contributed by atoms with Gasteiger partial charge in [0.1, 0.15) is 15.3 Å². The number of carbonyl (C=O) groups is 3. The number of carbonyl (C=O) groups excluding carboxylic acids is 3. The number of nitrogens with zero attached hydrogens (tertiary/aromatic N) is 3. The minimum atomic E-state index is -3.79. The Kier molecular flexibility index (Phi) is 5.98. The molecule has 6 rings (SSSR count). The van der Waals surface area contributed by atoms with Crippen LogP contribution in [-0.2, 0) is 4.74 Å². The number of rotatable bonds is 3. The van der Waals surface area contributed by atoms with Crippen molar-refractivity contribution in [3.05, 3.63) is 35.3 Å². The molecule has 1 fully saturated rings. The van der Waals surface area contributed by atoms with Gasteiger partial charge in [-0.1, -0.05) is 0 Å². The van der Waals surface area contributed by atoms with Crippen molar-refractivity contribution in [2.45, 2.75) is 51.6 Å². The summed E-state index contributed by atoms with van der Waals surface area (Å²) in [6.45, 7) is 6.22. The van der Waals surface area contributed by atoms with Gasteiger partial charge in [0.2, 0.25) is 0 Å². The number of nitrogens with one attached hydrogen (secondary N) is 2. The van der Waals surface area contributed by atoms with E-state index in [0.29, 0.717) is 47.5 Å². The van der Waals surface area contributed by atoms with Crippen molar-refractivity contribution < 1.29 is 37.4 Å². The van der Waals surface area contributed by atoms with Crippen LogP contribution in [0.2, 0.25) is 0 Å². The average molecular weight is 574 g/mol. The zero-order valence-corrected chi connectivity index (χ0v) is 22.6. The lowest BCUT2D eigenvalue weighted by molar-refractivity contribution is -0.286. The van der Waals surface area contributed by atoms with Gasteiger partial charge in [-0.15, -0.1) is 20.1 Å². The molecule has 0 radical (unpaired) electrons. The van der Waals surface area contributed by atoms with Gasteiger partial charge in [-0.05, 0) is 51.8 Å². The molecular formula is C26H25F2N5O6S. The van der Waals surface area contributed by atoms with Crippen LogP contribution < -0.4 is 25.0 Å². The fraction of sp³-hybridized carbons (Fsp3) is 0.385. The summed E-state index contributed by atoms with van der Waals surface area (Å²) in [5.41, 5.74) is 0.375. The third kappa shape index (κ3) is 4.72. The second-order valence-corrected chi connectivity index (χ2v) is 11.6. The highest BCUT2D eigenvalue weighted by atomic mass is 32.1. The van der Waals surface area contributed by atoms with Gasteiger partial charge in [-0.3, -0.25) is 9.69 Å². The van der Waals surface area contributed by atoms with Gasteiger partial charge in [-0.2, -0.15) is 0 Å². The number of hydrogen-bond acceptors (Lipinski definition) is 8. The highest BCUT2D eigenvalue weighted by Crippen LogP contribution is 2.48. The molecule has 2 N–H and O–H groups in total. The Bertz CT molecular complexity index is 1550. The second kappa shape index (κ2) is 9.18. The second-order valence-electron chi connectivity index (χ2n) is 10.6. The number of aromatic nitrogens is 1. The molecule has 0 saturated carbocycles. The molecule has 40 heavy (non-hydrogen) atoms.